The Kier molecular flexibility index (Phi) is 6.70. The van der Waals surface area contributed by atoms with Crippen molar-refractivity contribution in [3.63, 3.8) is 0 Å². The minimum absolute atomic E-state index is 0.0311. The first kappa shape index (κ1) is 18.5. The van der Waals surface area contributed by atoms with Gasteiger partial charge in [-0.1, -0.05) is 6.07 Å². The van der Waals surface area contributed by atoms with Crippen LogP contribution in [0.15, 0.2) is 30.5 Å². The summed E-state index contributed by atoms with van der Waals surface area (Å²) in [7, 11) is 2.16. The van der Waals surface area contributed by atoms with E-state index < -0.39 is 0 Å². The molecule has 26 heavy (non-hydrogen) atoms. The maximum Gasteiger partial charge on any atom is 0.225 e. The van der Waals surface area contributed by atoms with Gasteiger partial charge in [-0.15, -0.1) is 0 Å². The van der Waals surface area contributed by atoms with E-state index >= 15 is 0 Å². The second kappa shape index (κ2) is 9.42. The first-order valence-electron chi connectivity index (χ1n) is 9.04. The van der Waals surface area contributed by atoms with Crippen LogP contribution >= 0.6 is 0 Å². The van der Waals surface area contributed by atoms with Crippen LogP contribution in [0.4, 0.5) is 11.8 Å². The van der Waals surface area contributed by atoms with Gasteiger partial charge in [0.2, 0.25) is 5.95 Å². The Balaban J connectivity index is 1.65. The number of pyridine rings is 1. The van der Waals surface area contributed by atoms with Gasteiger partial charge in [0.15, 0.2) is 0 Å². The molecule has 0 radical (unpaired) electrons. The van der Waals surface area contributed by atoms with E-state index in [9.17, 15) is 0 Å². The standard InChI is InChI=1S/C18H27N7O/c1-24-9-11-25(12-10-24)8-6-20-17-14-16(15-4-2-3-5-19-15)22-18(23-17)21-7-13-26/h2-5,14,26H,6-13H2,1H3,(H2,20,21,22,23). The van der Waals surface area contributed by atoms with Gasteiger partial charge in [0.1, 0.15) is 5.82 Å². The predicted molar refractivity (Wildman–Crippen MR) is 103 cm³/mol. The van der Waals surface area contributed by atoms with Crippen molar-refractivity contribution in [2.24, 2.45) is 0 Å². The third-order valence-corrected chi connectivity index (χ3v) is 4.38. The number of aliphatic hydroxyl groups is 1. The van der Waals surface area contributed by atoms with Crippen LogP contribution in [0.2, 0.25) is 0 Å². The number of rotatable bonds is 8. The Bertz CT molecular complexity index is 674. The van der Waals surface area contributed by atoms with Gasteiger partial charge < -0.3 is 20.6 Å². The summed E-state index contributed by atoms with van der Waals surface area (Å²) in [5.74, 6) is 1.25. The van der Waals surface area contributed by atoms with Crippen molar-refractivity contribution in [1.82, 2.24) is 24.8 Å². The first-order valence-corrected chi connectivity index (χ1v) is 9.04. The van der Waals surface area contributed by atoms with Crippen LogP contribution in [0.3, 0.4) is 0 Å². The first-order chi connectivity index (χ1) is 12.7. The van der Waals surface area contributed by atoms with Crippen LogP contribution in [0, 0.1) is 0 Å². The molecular formula is C18H27N7O. The van der Waals surface area contributed by atoms with Crippen molar-refractivity contribution in [2.45, 2.75) is 0 Å². The molecule has 0 aliphatic carbocycles. The molecule has 0 bridgehead atoms. The minimum Gasteiger partial charge on any atom is -0.395 e. The summed E-state index contributed by atoms with van der Waals surface area (Å²) in [6.07, 6.45) is 1.75. The second-order valence-electron chi connectivity index (χ2n) is 6.40. The number of nitrogens with zero attached hydrogens (tertiary/aromatic N) is 5. The number of anilines is 2. The third kappa shape index (κ3) is 5.35. The van der Waals surface area contributed by atoms with Crippen molar-refractivity contribution in [3.8, 4) is 11.4 Å². The van der Waals surface area contributed by atoms with Crippen molar-refractivity contribution >= 4 is 11.8 Å². The van der Waals surface area contributed by atoms with E-state index in [1.807, 2.05) is 24.3 Å². The van der Waals surface area contributed by atoms with E-state index in [-0.39, 0.29) is 6.61 Å². The zero-order valence-corrected chi connectivity index (χ0v) is 15.2. The highest BCUT2D eigenvalue weighted by Gasteiger charge is 2.13. The van der Waals surface area contributed by atoms with E-state index in [0.717, 1.165) is 56.5 Å². The lowest BCUT2D eigenvalue weighted by molar-refractivity contribution is 0.158. The molecule has 0 spiro atoms. The number of aliphatic hydroxyl groups excluding tert-OH is 1. The van der Waals surface area contributed by atoms with Crippen LogP contribution in [-0.4, -0.2) is 89.3 Å². The molecule has 3 heterocycles. The van der Waals surface area contributed by atoms with Crippen molar-refractivity contribution in [2.75, 3.05) is 70.1 Å². The predicted octanol–water partition coefficient (Wildman–Crippen LogP) is 0.602. The summed E-state index contributed by atoms with van der Waals surface area (Å²) in [5, 5.41) is 15.5. The summed E-state index contributed by atoms with van der Waals surface area (Å²) in [6, 6.07) is 7.65. The number of likely N-dealkylation sites (N-methyl/N-ethyl adjacent to an activating group) is 1. The van der Waals surface area contributed by atoms with Gasteiger partial charge >= 0.3 is 0 Å². The minimum atomic E-state index is 0.0311. The molecule has 8 nitrogen and oxygen atoms in total. The summed E-state index contributed by atoms with van der Waals surface area (Å²) >= 11 is 0. The van der Waals surface area contributed by atoms with Crippen LogP contribution in [0.5, 0.6) is 0 Å². The molecule has 3 rings (SSSR count). The molecule has 0 aromatic carbocycles. The molecule has 1 fully saturated rings. The fourth-order valence-electron chi connectivity index (χ4n) is 2.84. The smallest absolute Gasteiger partial charge is 0.225 e. The van der Waals surface area contributed by atoms with Gasteiger partial charge in [-0.3, -0.25) is 9.88 Å². The Morgan fingerprint density at radius 2 is 1.88 bits per heavy atom. The lowest BCUT2D eigenvalue weighted by Gasteiger charge is -2.32. The molecule has 0 saturated carbocycles. The second-order valence-corrected chi connectivity index (χ2v) is 6.40. The molecule has 1 aliphatic rings. The highest BCUT2D eigenvalue weighted by Crippen LogP contribution is 2.19. The van der Waals surface area contributed by atoms with E-state index in [1.165, 1.54) is 0 Å². The number of nitrogens with one attached hydrogen (secondary N) is 2. The Hall–Kier alpha value is -2.29. The van der Waals surface area contributed by atoms with Gasteiger partial charge in [0.05, 0.1) is 18.0 Å². The highest BCUT2D eigenvalue weighted by molar-refractivity contribution is 5.60. The zero-order chi connectivity index (χ0) is 18.2. The molecule has 0 unspecified atom stereocenters. The van der Waals surface area contributed by atoms with Crippen LogP contribution in [0.25, 0.3) is 11.4 Å². The molecule has 140 valence electrons. The molecule has 8 heteroatoms. The highest BCUT2D eigenvalue weighted by atomic mass is 16.3. The van der Waals surface area contributed by atoms with Gasteiger partial charge in [0, 0.05) is 58.1 Å². The van der Waals surface area contributed by atoms with Crippen LogP contribution in [0.1, 0.15) is 0 Å². The number of hydrogen-bond acceptors (Lipinski definition) is 8. The maximum absolute atomic E-state index is 9.03. The Morgan fingerprint density at radius 1 is 1.04 bits per heavy atom. The largest absolute Gasteiger partial charge is 0.395 e. The molecule has 1 saturated heterocycles. The Labute approximate surface area is 154 Å². The zero-order valence-electron chi connectivity index (χ0n) is 15.2. The van der Waals surface area contributed by atoms with Gasteiger partial charge in [0.25, 0.3) is 0 Å². The summed E-state index contributed by atoms with van der Waals surface area (Å²) in [6.45, 7) is 6.68. The number of hydrogen-bond donors (Lipinski definition) is 3. The molecule has 2 aromatic heterocycles. The normalized spacial score (nSPS) is 15.8. The molecule has 2 aromatic rings. The quantitative estimate of drug-likeness (QED) is 0.633. The van der Waals surface area contributed by atoms with E-state index in [2.05, 4.69) is 42.4 Å². The van der Waals surface area contributed by atoms with Crippen molar-refractivity contribution < 1.29 is 5.11 Å². The summed E-state index contributed by atoms with van der Waals surface area (Å²) in [4.78, 5) is 18.2. The average molecular weight is 357 g/mol. The van der Waals surface area contributed by atoms with E-state index in [0.29, 0.717) is 12.5 Å². The van der Waals surface area contributed by atoms with Crippen LogP contribution < -0.4 is 10.6 Å². The molecule has 1 aliphatic heterocycles. The maximum atomic E-state index is 9.03. The number of aromatic nitrogens is 3. The van der Waals surface area contributed by atoms with Crippen molar-refractivity contribution in [3.05, 3.63) is 30.5 Å². The van der Waals surface area contributed by atoms with Gasteiger partial charge in [-0.2, -0.15) is 4.98 Å². The molecule has 0 amide bonds. The SMILES string of the molecule is CN1CCN(CCNc2cc(-c3ccccn3)nc(NCCO)n2)CC1. The molecular weight excluding hydrogens is 330 g/mol. The Morgan fingerprint density at radius 3 is 2.62 bits per heavy atom. The number of piperazine rings is 1. The van der Waals surface area contributed by atoms with Gasteiger partial charge in [-0.25, -0.2) is 4.98 Å². The van der Waals surface area contributed by atoms with E-state index in [1.54, 1.807) is 6.20 Å². The lowest BCUT2D eigenvalue weighted by atomic mass is 10.2. The molecule has 0 atom stereocenters. The average Bonchev–Trinajstić information content (AvgIpc) is 2.68. The monoisotopic (exact) mass is 357 g/mol. The lowest BCUT2D eigenvalue weighted by Crippen LogP contribution is -2.45. The van der Waals surface area contributed by atoms with E-state index in [4.69, 9.17) is 5.11 Å². The molecule has 3 N–H and O–H groups in total. The summed E-state index contributed by atoms with van der Waals surface area (Å²) in [5.41, 5.74) is 1.55. The topological polar surface area (TPSA) is 89.4 Å². The van der Waals surface area contributed by atoms with Gasteiger partial charge in [-0.05, 0) is 19.2 Å². The van der Waals surface area contributed by atoms with Crippen LogP contribution in [-0.2, 0) is 0 Å². The van der Waals surface area contributed by atoms with Crippen molar-refractivity contribution in [1.29, 1.82) is 0 Å². The fourth-order valence-corrected chi connectivity index (χ4v) is 2.84. The summed E-state index contributed by atoms with van der Waals surface area (Å²) < 4.78 is 0. The third-order valence-electron chi connectivity index (χ3n) is 4.38. The fraction of sp³-hybridized carbons (Fsp3) is 0.500.